The molecule has 0 bridgehead atoms. The number of nitrogens with zero attached hydrogens (tertiary/aromatic N) is 1. The average molecular weight is 400 g/mol. The molecule has 1 aromatic carbocycles. The van der Waals surface area contributed by atoms with E-state index < -0.39 is 35.5 Å². The van der Waals surface area contributed by atoms with Crippen LogP contribution in [0, 0.1) is 5.41 Å². The molecule has 3 atom stereocenters. The number of carbonyl (C=O) groups excluding carboxylic acids is 2. The Labute approximate surface area is 162 Å². The van der Waals surface area contributed by atoms with Gasteiger partial charge in [0.25, 0.3) is 0 Å². The first-order chi connectivity index (χ1) is 12.8. The van der Waals surface area contributed by atoms with Gasteiger partial charge in [-0.25, -0.2) is 0 Å². The second-order valence-electron chi connectivity index (χ2n) is 8.28. The normalized spacial score (nSPS) is 22.0. The Morgan fingerprint density at radius 2 is 1.75 bits per heavy atom. The predicted octanol–water partition coefficient (Wildman–Crippen LogP) is 2.23. The fraction of sp³-hybridized carbons (Fsp3) is 0.579. The van der Waals surface area contributed by atoms with E-state index >= 15 is 0 Å². The molecule has 0 spiro atoms. The molecule has 3 N–H and O–H groups in total. The van der Waals surface area contributed by atoms with Crippen molar-refractivity contribution in [3.05, 3.63) is 35.4 Å². The van der Waals surface area contributed by atoms with Crippen molar-refractivity contribution in [1.29, 1.82) is 0 Å². The highest BCUT2D eigenvalue weighted by Gasteiger charge is 2.36. The monoisotopic (exact) mass is 400 g/mol. The lowest BCUT2D eigenvalue weighted by atomic mass is 9.82. The van der Waals surface area contributed by atoms with Crippen LogP contribution in [0.1, 0.15) is 44.4 Å². The molecule has 1 aliphatic heterocycles. The van der Waals surface area contributed by atoms with Gasteiger partial charge in [0, 0.05) is 0 Å². The van der Waals surface area contributed by atoms with Crippen LogP contribution in [0.5, 0.6) is 0 Å². The molecule has 9 heteroatoms. The SMILES string of the molecule is CN(C)C1NC(=O)CC(C(=O)N[C@H](c2ccc(C(F)(F)F)cc2)C(C)(C)C)N1. The summed E-state index contributed by atoms with van der Waals surface area (Å²) in [6.45, 7) is 5.66. The third-order valence-corrected chi connectivity index (χ3v) is 4.60. The van der Waals surface area contributed by atoms with E-state index in [0.29, 0.717) is 5.56 Å². The summed E-state index contributed by atoms with van der Waals surface area (Å²) in [5.74, 6) is -0.624. The molecule has 6 nitrogen and oxygen atoms in total. The molecule has 2 unspecified atom stereocenters. The molecule has 1 saturated heterocycles. The Balaban J connectivity index is 2.20. The van der Waals surface area contributed by atoms with Gasteiger partial charge in [0.1, 0.15) is 6.29 Å². The second-order valence-corrected chi connectivity index (χ2v) is 8.28. The third-order valence-electron chi connectivity index (χ3n) is 4.60. The number of hydrogen-bond acceptors (Lipinski definition) is 4. The van der Waals surface area contributed by atoms with Gasteiger partial charge in [0.2, 0.25) is 11.8 Å². The lowest BCUT2D eigenvalue weighted by Gasteiger charge is -2.37. The van der Waals surface area contributed by atoms with E-state index in [2.05, 4.69) is 16.0 Å². The lowest BCUT2D eigenvalue weighted by Crippen LogP contribution is -2.65. The van der Waals surface area contributed by atoms with E-state index in [1.165, 1.54) is 12.1 Å². The van der Waals surface area contributed by atoms with Crippen molar-refractivity contribution in [2.24, 2.45) is 5.41 Å². The molecule has 0 aromatic heterocycles. The van der Waals surface area contributed by atoms with Crippen LogP contribution < -0.4 is 16.0 Å². The van der Waals surface area contributed by atoms with E-state index in [9.17, 15) is 22.8 Å². The van der Waals surface area contributed by atoms with Crippen molar-refractivity contribution < 1.29 is 22.8 Å². The van der Waals surface area contributed by atoms with Crippen molar-refractivity contribution in [3.8, 4) is 0 Å². The first-order valence-electron chi connectivity index (χ1n) is 8.98. The fourth-order valence-corrected chi connectivity index (χ4v) is 3.04. The van der Waals surface area contributed by atoms with Gasteiger partial charge in [-0.2, -0.15) is 13.2 Å². The van der Waals surface area contributed by atoms with Crippen molar-refractivity contribution in [1.82, 2.24) is 20.9 Å². The minimum Gasteiger partial charge on any atom is -0.347 e. The Bertz CT molecular complexity index is 711. The molecule has 1 fully saturated rings. The van der Waals surface area contributed by atoms with Crippen LogP contribution >= 0.6 is 0 Å². The summed E-state index contributed by atoms with van der Waals surface area (Å²) < 4.78 is 38.5. The Morgan fingerprint density at radius 3 is 2.21 bits per heavy atom. The van der Waals surface area contributed by atoms with Gasteiger partial charge in [-0.3, -0.25) is 19.8 Å². The third kappa shape index (κ3) is 5.45. The number of hydrogen-bond donors (Lipinski definition) is 3. The zero-order valence-corrected chi connectivity index (χ0v) is 16.6. The minimum absolute atomic E-state index is 0.0138. The standard InChI is InChI=1S/C19H27F3N4O2/c1-18(2,3)15(11-6-8-12(9-7-11)19(20,21)22)25-16(28)13-10-14(27)24-17(23-13)26(4)5/h6-9,13,15,17,23H,10H2,1-5H3,(H,24,27)(H,25,28)/t13?,15-,17?/m1/s1. The maximum Gasteiger partial charge on any atom is 0.416 e. The van der Waals surface area contributed by atoms with Crippen molar-refractivity contribution in [2.45, 2.75) is 51.7 Å². The van der Waals surface area contributed by atoms with Gasteiger partial charge in [-0.15, -0.1) is 0 Å². The second kappa shape index (κ2) is 8.08. The summed E-state index contributed by atoms with van der Waals surface area (Å²) in [5.41, 5.74) is -0.624. The van der Waals surface area contributed by atoms with Crippen LogP contribution in [-0.4, -0.2) is 43.1 Å². The zero-order valence-electron chi connectivity index (χ0n) is 16.6. The molecular formula is C19H27F3N4O2. The number of benzene rings is 1. The van der Waals surface area contributed by atoms with Gasteiger partial charge < -0.3 is 10.6 Å². The van der Waals surface area contributed by atoms with Crippen molar-refractivity contribution in [2.75, 3.05) is 14.1 Å². The smallest absolute Gasteiger partial charge is 0.347 e. The van der Waals surface area contributed by atoms with E-state index in [4.69, 9.17) is 0 Å². The molecule has 2 rings (SSSR count). The Kier molecular flexibility index (Phi) is 6.40. The summed E-state index contributed by atoms with van der Waals surface area (Å²) in [6, 6.07) is 3.52. The van der Waals surface area contributed by atoms with E-state index in [0.717, 1.165) is 12.1 Å². The highest BCUT2D eigenvalue weighted by Crippen LogP contribution is 2.35. The van der Waals surface area contributed by atoms with Gasteiger partial charge in [-0.1, -0.05) is 32.9 Å². The van der Waals surface area contributed by atoms with Crippen molar-refractivity contribution >= 4 is 11.8 Å². The highest BCUT2D eigenvalue weighted by molar-refractivity contribution is 5.89. The van der Waals surface area contributed by atoms with E-state index in [-0.39, 0.29) is 18.2 Å². The maximum absolute atomic E-state index is 12.8. The summed E-state index contributed by atoms with van der Waals surface area (Å²) >= 11 is 0. The Hall–Kier alpha value is -2.13. The molecule has 1 heterocycles. The molecule has 2 amide bonds. The van der Waals surface area contributed by atoms with Crippen LogP contribution in [-0.2, 0) is 15.8 Å². The summed E-state index contributed by atoms with van der Waals surface area (Å²) in [6.07, 6.45) is -4.91. The average Bonchev–Trinajstić information content (AvgIpc) is 2.57. The predicted molar refractivity (Wildman–Crippen MR) is 98.9 cm³/mol. The van der Waals surface area contributed by atoms with Gasteiger partial charge in [0.05, 0.1) is 24.1 Å². The molecule has 1 aromatic rings. The first kappa shape index (κ1) is 22.2. The quantitative estimate of drug-likeness (QED) is 0.725. The molecule has 0 saturated carbocycles. The Morgan fingerprint density at radius 1 is 1.18 bits per heavy atom. The number of nitrogens with one attached hydrogen (secondary N) is 3. The van der Waals surface area contributed by atoms with Gasteiger partial charge in [0.15, 0.2) is 0 Å². The molecule has 156 valence electrons. The molecule has 28 heavy (non-hydrogen) atoms. The van der Waals surface area contributed by atoms with Gasteiger partial charge in [-0.05, 0) is 37.2 Å². The van der Waals surface area contributed by atoms with Crippen LogP contribution in [0.4, 0.5) is 13.2 Å². The van der Waals surface area contributed by atoms with Crippen LogP contribution in [0.2, 0.25) is 0 Å². The summed E-state index contributed by atoms with van der Waals surface area (Å²) in [7, 11) is 3.52. The lowest BCUT2D eigenvalue weighted by molar-refractivity contribution is -0.137. The maximum atomic E-state index is 12.8. The van der Waals surface area contributed by atoms with Crippen LogP contribution in [0.25, 0.3) is 0 Å². The largest absolute Gasteiger partial charge is 0.416 e. The summed E-state index contributed by atoms with van der Waals surface area (Å²) in [4.78, 5) is 26.5. The number of rotatable bonds is 4. The molecule has 0 radical (unpaired) electrons. The highest BCUT2D eigenvalue weighted by atomic mass is 19.4. The fourth-order valence-electron chi connectivity index (χ4n) is 3.04. The topological polar surface area (TPSA) is 73.5 Å². The number of halogens is 3. The number of amides is 2. The zero-order chi connectivity index (χ0) is 21.3. The van der Waals surface area contributed by atoms with Crippen molar-refractivity contribution in [3.63, 3.8) is 0 Å². The van der Waals surface area contributed by atoms with E-state index in [1.807, 2.05) is 20.8 Å². The van der Waals surface area contributed by atoms with Crippen LogP contribution in [0.15, 0.2) is 24.3 Å². The van der Waals surface area contributed by atoms with E-state index in [1.54, 1.807) is 19.0 Å². The molecular weight excluding hydrogens is 373 g/mol. The van der Waals surface area contributed by atoms with Crippen LogP contribution in [0.3, 0.4) is 0 Å². The first-order valence-corrected chi connectivity index (χ1v) is 8.98. The number of carbonyl (C=O) groups is 2. The molecule has 1 aliphatic rings. The molecule has 0 aliphatic carbocycles. The van der Waals surface area contributed by atoms with Gasteiger partial charge >= 0.3 is 6.18 Å². The minimum atomic E-state index is -4.42. The summed E-state index contributed by atoms with van der Waals surface area (Å²) in [5, 5.41) is 8.68. The number of alkyl halides is 3.